The van der Waals surface area contributed by atoms with Crippen molar-refractivity contribution < 1.29 is 0 Å². The van der Waals surface area contributed by atoms with Gasteiger partial charge in [-0.1, -0.05) is 30.3 Å². The van der Waals surface area contributed by atoms with E-state index < -0.39 is 0 Å². The number of anilines is 1. The summed E-state index contributed by atoms with van der Waals surface area (Å²) in [6.07, 6.45) is 2.24. The fourth-order valence-electron chi connectivity index (χ4n) is 1.33. The number of hydrogen-bond acceptors (Lipinski definition) is 3. The van der Waals surface area contributed by atoms with Crippen molar-refractivity contribution in [3.63, 3.8) is 0 Å². The van der Waals surface area contributed by atoms with Gasteiger partial charge in [0, 0.05) is 6.42 Å². The zero-order valence-corrected chi connectivity index (χ0v) is 7.72. The van der Waals surface area contributed by atoms with Gasteiger partial charge in [-0.3, -0.25) is 0 Å². The summed E-state index contributed by atoms with van der Waals surface area (Å²) in [6, 6.07) is 10.0. The third kappa shape index (κ3) is 1.54. The lowest BCUT2D eigenvalue weighted by Crippen LogP contribution is -2.10. The zero-order valence-electron chi connectivity index (χ0n) is 7.72. The van der Waals surface area contributed by atoms with Crippen LogP contribution in [0.2, 0.25) is 0 Å². The van der Waals surface area contributed by atoms with Crippen molar-refractivity contribution >= 4 is 5.82 Å². The highest BCUT2D eigenvalue weighted by atomic mass is 15.3. The minimum Gasteiger partial charge on any atom is -0.382 e. The SMILES string of the molecule is Nc1c(Cc2ccccc2)ncn1N. The third-order valence-corrected chi connectivity index (χ3v) is 2.13. The topological polar surface area (TPSA) is 69.9 Å². The molecule has 2 aromatic rings. The van der Waals surface area contributed by atoms with Gasteiger partial charge in [0.1, 0.15) is 12.1 Å². The van der Waals surface area contributed by atoms with E-state index in [-0.39, 0.29) is 0 Å². The minimum absolute atomic E-state index is 0.522. The van der Waals surface area contributed by atoms with Gasteiger partial charge in [0.25, 0.3) is 0 Å². The second kappa shape index (κ2) is 3.41. The molecule has 0 bridgehead atoms. The quantitative estimate of drug-likeness (QED) is 0.684. The minimum atomic E-state index is 0.522. The van der Waals surface area contributed by atoms with Crippen LogP contribution < -0.4 is 11.6 Å². The van der Waals surface area contributed by atoms with Crippen LogP contribution in [0.5, 0.6) is 0 Å². The summed E-state index contributed by atoms with van der Waals surface area (Å²) in [4.78, 5) is 4.12. The van der Waals surface area contributed by atoms with Crippen LogP contribution in [0.3, 0.4) is 0 Å². The first-order valence-electron chi connectivity index (χ1n) is 4.38. The largest absolute Gasteiger partial charge is 0.382 e. The first-order valence-corrected chi connectivity index (χ1v) is 4.38. The monoisotopic (exact) mass is 188 g/mol. The van der Waals surface area contributed by atoms with Crippen LogP contribution in [0.25, 0.3) is 0 Å². The van der Waals surface area contributed by atoms with Crippen molar-refractivity contribution in [2.75, 3.05) is 11.6 Å². The standard InChI is InChI=1S/C10H12N4/c11-10-9(13-7-14(10)12)6-8-4-2-1-3-5-8/h1-5,7H,6,11-12H2. The van der Waals surface area contributed by atoms with Crippen LogP contribution in [0.4, 0.5) is 5.82 Å². The van der Waals surface area contributed by atoms with Gasteiger partial charge < -0.3 is 11.6 Å². The lowest BCUT2D eigenvalue weighted by Gasteiger charge is -1.99. The van der Waals surface area contributed by atoms with Crippen LogP contribution in [-0.4, -0.2) is 9.66 Å². The maximum absolute atomic E-state index is 5.73. The van der Waals surface area contributed by atoms with Crippen molar-refractivity contribution in [2.45, 2.75) is 6.42 Å². The molecule has 4 N–H and O–H groups in total. The van der Waals surface area contributed by atoms with E-state index >= 15 is 0 Å². The molecule has 0 atom stereocenters. The number of aromatic nitrogens is 2. The molecule has 0 radical (unpaired) electrons. The maximum atomic E-state index is 5.73. The summed E-state index contributed by atoms with van der Waals surface area (Å²) in [5, 5.41) is 0. The Hall–Kier alpha value is -1.97. The van der Waals surface area contributed by atoms with E-state index in [1.165, 1.54) is 16.6 Å². The Morgan fingerprint density at radius 2 is 1.93 bits per heavy atom. The van der Waals surface area contributed by atoms with Gasteiger partial charge in [-0.05, 0) is 5.56 Å². The zero-order chi connectivity index (χ0) is 9.97. The molecule has 0 unspecified atom stereocenters. The van der Waals surface area contributed by atoms with Gasteiger partial charge in [-0.15, -0.1) is 0 Å². The fourth-order valence-corrected chi connectivity index (χ4v) is 1.33. The van der Waals surface area contributed by atoms with E-state index in [0.29, 0.717) is 5.82 Å². The fraction of sp³-hybridized carbons (Fsp3) is 0.100. The molecule has 0 spiro atoms. The number of rotatable bonds is 2. The molecular weight excluding hydrogens is 176 g/mol. The predicted octanol–water partition coefficient (Wildman–Crippen LogP) is 0.770. The van der Waals surface area contributed by atoms with Gasteiger partial charge in [0.2, 0.25) is 0 Å². The van der Waals surface area contributed by atoms with E-state index in [1.807, 2.05) is 30.3 Å². The molecule has 4 nitrogen and oxygen atoms in total. The summed E-state index contributed by atoms with van der Waals surface area (Å²) in [7, 11) is 0. The molecule has 1 heterocycles. The van der Waals surface area contributed by atoms with Gasteiger partial charge in [0.05, 0.1) is 5.69 Å². The first-order chi connectivity index (χ1) is 6.77. The summed E-state index contributed by atoms with van der Waals surface area (Å²) in [5.74, 6) is 6.05. The van der Waals surface area contributed by atoms with Crippen LogP contribution in [0.15, 0.2) is 36.7 Å². The number of hydrogen-bond donors (Lipinski definition) is 2. The Kier molecular flexibility index (Phi) is 2.10. The highest BCUT2D eigenvalue weighted by Crippen LogP contribution is 2.12. The second-order valence-corrected chi connectivity index (χ2v) is 3.15. The summed E-state index contributed by atoms with van der Waals surface area (Å²) < 4.78 is 1.33. The van der Waals surface area contributed by atoms with Crippen molar-refractivity contribution in [1.82, 2.24) is 9.66 Å². The molecule has 0 aliphatic carbocycles. The lowest BCUT2D eigenvalue weighted by atomic mass is 10.1. The number of nitrogens with two attached hydrogens (primary N) is 2. The van der Waals surface area contributed by atoms with Crippen molar-refractivity contribution in [3.05, 3.63) is 47.9 Å². The number of benzene rings is 1. The highest BCUT2D eigenvalue weighted by molar-refractivity contribution is 5.39. The molecule has 0 amide bonds. The summed E-state index contributed by atoms with van der Waals surface area (Å²) >= 11 is 0. The van der Waals surface area contributed by atoms with Crippen molar-refractivity contribution in [3.8, 4) is 0 Å². The number of nitrogen functional groups attached to an aromatic ring is 2. The molecule has 1 aromatic carbocycles. The molecule has 0 fully saturated rings. The van der Waals surface area contributed by atoms with Crippen LogP contribution >= 0.6 is 0 Å². The van der Waals surface area contributed by atoms with E-state index in [0.717, 1.165) is 12.1 Å². The molecule has 0 aliphatic rings. The van der Waals surface area contributed by atoms with Gasteiger partial charge in [-0.2, -0.15) is 0 Å². The van der Waals surface area contributed by atoms with E-state index in [9.17, 15) is 0 Å². The summed E-state index contributed by atoms with van der Waals surface area (Å²) in [5.41, 5.74) is 7.72. The lowest BCUT2D eigenvalue weighted by molar-refractivity contribution is 1.01. The Labute approximate surface area is 82.1 Å². The molecule has 72 valence electrons. The first kappa shape index (κ1) is 8.62. The normalized spacial score (nSPS) is 10.3. The number of imidazole rings is 1. The van der Waals surface area contributed by atoms with Gasteiger partial charge in [-0.25, -0.2) is 9.66 Å². The van der Waals surface area contributed by atoms with Crippen LogP contribution in [0.1, 0.15) is 11.3 Å². The van der Waals surface area contributed by atoms with Crippen molar-refractivity contribution in [2.24, 2.45) is 0 Å². The average molecular weight is 188 g/mol. The van der Waals surface area contributed by atoms with Crippen LogP contribution in [0, 0.1) is 0 Å². The molecule has 14 heavy (non-hydrogen) atoms. The molecular formula is C10H12N4. The van der Waals surface area contributed by atoms with Gasteiger partial charge >= 0.3 is 0 Å². The van der Waals surface area contributed by atoms with E-state index in [4.69, 9.17) is 11.6 Å². The molecule has 0 saturated carbocycles. The maximum Gasteiger partial charge on any atom is 0.145 e. The van der Waals surface area contributed by atoms with Crippen LogP contribution in [-0.2, 0) is 6.42 Å². The molecule has 0 saturated heterocycles. The Morgan fingerprint density at radius 3 is 2.50 bits per heavy atom. The molecule has 0 aliphatic heterocycles. The van der Waals surface area contributed by atoms with Crippen molar-refractivity contribution in [1.29, 1.82) is 0 Å². The third-order valence-electron chi connectivity index (χ3n) is 2.13. The Bertz CT molecular complexity index is 419. The Balaban J connectivity index is 2.23. The van der Waals surface area contributed by atoms with E-state index in [2.05, 4.69) is 4.98 Å². The summed E-state index contributed by atoms with van der Waals surface area (Å²) in [6.45, 7) is 0. The highest BCUT2D eigenvalue weighted by Gasteiger charge is 2.05. The van der Waals surface area contributed by atoms with Gasteiger partial charge in [0.15, 0.2) is 0 Å². The molecule has 2 rings (SSSR count). The Morgan fingerprint density at radius 1 is 1.21 bits per heavy atom. The smallest absolute Gasteiger partial charge is 0.145 e. The molecule has 4 heteroatoms. The average Bonchev–Trinajstić information content (AvgIpc) is 2.52. The number of nitrogens with zero attached hydrogens (tertiary/aromatic N) is 2. The van der Waals surface area contributed by atoms with E-state index in [1.54, 1.807) is 0 Å². The molecule has 1 aromatic heterocycles. The second-order valence-electron chi connectivity index (χ2n) is 3.15. The predicted molar refractivity (Wildman–Crippen MR) is 56.0 cm³/mol.